The maximum absolute atomic E-state index is 2.53. The highest BCUT2D eigenvalue weighted by molar-refractivity contribution is 6.14. The maximum atomic E-state index is 2.53. The quantitative estimate of drug-likeness (QED) is 0.163. The third kappa shape index (κ3) is 6.03. The standard InChI is InChI=1S/C70H44N4/c1-5-17-57-45(13-1)25-29-49-33-37-53(41-61(49)57)71-65-21-9-10-22-66(65)72(54-38-34-50-30-26-46-14-2-6-18-58(46)62(50)42-54)69(71)70-73(55-39-35-51-31-27-47-15-3-7-19-59(47)63(51)43-55)67-23-11-12-24-68(67)74(70)56-40-36-52-32-28-48-16-4-8-20-60(48)64(52)44-56/h1-44H. The lowest BCUT2D eigenvalue weighted by Gasteiger charge is -2.34. The topological polar surface area (TPSA) is 13.0 Å². The Morgan fingerprint density at radius 1 is 0.162 bits per heavy atom. The molecule has 0 unspecified atom stereocenters. The highest BCUT2D eigenvalue weighted by atomic mass is 15.5. The SMILES string of the molecule is c1ccc2c(c1)N(c1ccc3ccc4ccccc4c3c1)C(=C1N(c3ccc4ccc5ccccc5c4c3)c3ccccc3N1c1ccc3ccc4ccccc4c3c1)N2c1ccc2ccc3ccccc3c2c1. The number of fused-ring (bicyclic) bond motifs is 14. The second-order valence-electron chi connectivity index (χ2n) is 19.7. The van der Waals surface area contributed by atoms with Crippen LogP contribution in [0.2, 0.25) is 0 Å². The van der Waals surface area contributed by atoms with Gasteiger partial charge in [0.15, 0.2) is 11.6 Å². The molecule has 0 aromatic heterocycles. The predicted molar refractivity (Wildman–Crippen MR) is 314 cm³/mol. The summed E-state index contributed by atoms with van der Waals surface area (Å²) in [5.74, 6) is 2.02. The van der Waals surface area contributed by atoms with E-state index in [1.807, 2.05) is 0 Å². The van der Waals surface area contributed by atoms with Crippen LogP contribution in [0.25, 0.3) is 86.2 Å². The molecule has 0 fully saturated rings. The van der Waals surface area contributed by atoms with E-state index in [9.17, 15) is 0 Å². The number of hydrogen-bond donors (Lipinski definition) is 0. The van der Waals surface area contributed by atoms with Crippen molar-refractivity contribution in [3.63, 3.8) is 0 Å². The fourth-order valence-electron chi connectivity index (χ4n) is 12.3. The molecule has 2 aliphatic rings. The first kappa shape index (κ1) is 40.8. The summed E-state index contributed by atoms with van der Waals surface area (Å²) in [6, 6.07) is 99.1. The largest absolute Gasteiger partial charge is 0.291 e. The van der Waals surface area contributed by atoms with Crippen LogP contribution in [0.15, 0.2) is 279 Å². The monoisotopic (exact) mass is 940 g/mol. The fraction of sp³-hybridized carbons (Fsp3) is 0. The lowest BCUT2D eigenvalue weighted by atomic mass is 10.0. The Bertz CT molecular complexity index is 4130. The molecular formula is C70H44N4. The van der Waals surface area contributed by atoms with Crippen molar-refractivity contribution in [3.8, 4) is 0 Å². The Labute approximate surface area is 427 Å². The molecule has 344 valence electrons. The Hall–Kier alpha value is -9.90. The lowest BCUT2D eigenvalue weighted by Crippen LogP contribution is -2.33. The summed E-state index contributed by atoms with van der Waals surface area (Å²) < 4.78 is 0. The van der Waals surface area contributed by atoms with Crippen LogP contribution in [0.1, 0.15) is 0 Å². The van der Waals surface area contributed by atoms with E-state index in [1.165, 1.54) is 86.2 Å². The second-order valence-corrected chi connectivity index (χ2v) is 19.7. The molecular weight excluding hydrogens is 897 g/mol. The van der Waals surface area contributed by atoms with Gasteiger partial charge in [0.2, 0.25) is 0 Å². The summed E-state index contributed by atoms with van der Waals surface area (Å²) in [4.78, 5) is 10.1. The van der Waals surface area contributed by atoms with Crippen molar-refractivity contribution in [1.82, 2.24) is 0 Å². The molecule has 0 aliphatic carbocycles. The normalized spacial score (nSPS) is 13.5. The Kier molecular flexibility index (Phi) is 8.71. The summed E-state index contributed by atoms with van der Waals surface area (Å²) in [5, 5.41) is 19.5. The van der Waals surface area contributed by atoms with Gasteiger partial charge in [-0.15, -0.1) is 0 Å². The molecule has 4 nitrogen and oxygen atoms in total. The van der Waals surface area contributed by atoms with Gasteiger partial charge in [0.05, 0.1) is 22.7 Å². The fourth-order valence-corrected chi connectivity index (χ4v) is 12.3. The zero-order valence-electron chi connectivity index (χ0n) is 40.2. The van der Waals surface area contributed by atoms with Gasteiger partial charge in [-0.3, -0.25) is 19.6 Å². The molecule has 74 heavy (non-hydrogen) atoms. The van der Waals surface area contributed by atoms with E-state index in [1.54, 1.807) is 0 Å². The predicted octanol–water partition coefficient (Wildman–Crippen LogP) is 19.3. The van der Waals surface area contributed by atoms with Crippen molar-refractivity contribution in [2.45, 2.75) is 0 Å². The summed E-state index contributed by atoms with van der Waals surface area (Å²) >= 11 is 0. The van der Waals surface area contributed by atoms with Gasteiger partial charge >= 0.3 is 0 Å². The third-order valence-corrected chi connectivity index (χ3v) is 15.7. The minimum atomic E-state index is 1.01. The molecule has 0 amide bonds. The van der Waals surface area contributed by atoms with Crippen LogP contribution in [0, 0.1) is 0 Å². The third-order valence-electron chi connectivity index (χ3n) is 15.7. The van der Waals surface area contributed by atoms with Crippen LogP contribution >= 0.6 is 0 Å². The number of anilines is 8. The number of nitrogens with zero attached hydrogens (tertiary/aromatic N) is 4. The minimum absolute atomic E-state index is 1.01. The van der Waals surface area contributed by atoms with Crippen molar-refractivity contribution in [2.75, 3.05) is 19.6 Å². The van der Waals surface area contributed by atoms with Gasteiger partial charge in [0.25, 0.3) is 0 Å². The van der Waals surface area contributed by atoms with Crippen LogP contribution < -0.4 is 19.6 Å². The molecule has 14 aromatic rings. The van der Waals surface area contributed by atoms with Crippen molar-refractivity contribution in [1.29, 1.82) is 0 Å². The van der Waals surface area contributed by atoms with Crippen LogP contribution in [-0.2, 0) is 0 Å². The molecule has 0 saturated heterocycles. The Balaban J connectivity index is 1.06. The molecule has 2 heterocycles. The molecule has 0 bridgehead atoms. The van der Waals surface area contributed by atoms with Crippen molar-refractivity contribution >= 4 is 132 Å². The summed E-state index contributed by atoms with van der Waals surface area (Å²) in [5.41, 5.74) is 8.67. The van der Waals surface area contributed by atoms with E-state index >= 15 is 0 Å². The smallest absolute Gasteiger partial charge is 0.166 e. The van der Waals surface area contributed by atoms with Gasteiger partial charge in [-0.2, -0.15) is 0 Å². The van der Waals surface area contributed by atoms with Gasteiger partial charge in [-0.1, -0.05) is 194 Å². The van der Waals surface area contributed by atoms with Crippen LogP contribution in [0.3, 0.4) is 0 Å². The first-order chi connectivity index (χ1) is 36.7. The van der Waals surface area contributed by atoms with Crippen LogP contribution in [0.5, 0.6) is 0 Å². The van der Waals surface area contributed by atoms with E-state index in [4.69, 9.17) is 0 Å². The summed E-state index contributed by atoms with van der Waals surface area (Å²) in [7, 11) is 0. The lowest BCUT2D eigenvalue weighted by molar-refractivity contribution is 1.01. The highest BCUT2D eigenvalue weighted by Crippen LogP contribution is 2.58. The number of benzene rings is 14. The first-order valence-corrected chi connectivity index (χ1v) is 25.5. The molecule has 4 heteroatoms. The van der Waals surface area contributed by atoms with Crippen molar-refractivity contribution in [2.24, 2.45) is 0 Å². The number of hydrogen-bond acceptors (Lipinski definition) is 4. The molecule has 2 aliphatic heterocycles. The minimum Gasteiger partial charge on any atom is -0.291 e. The van der Waals surface area contributed by atoms with E-state index in [-0.39, 0.29) is 0 Å². The van der Waals surface area contributed by atoms with Gasteiger partial charge in [-0.05, 0) is 159 Å². The molecule has 16 rings (SSSR count). The number of para-hydroxylation sites is 4. The first-order valence-electron chi connectivity index (χ1n) is 25.5. The summed E-state index contributed by atoms with van der Waals surface area (Å²) in [6.45, 7) is 0. The van der Waals surface area contributed by atoms with Gasteiger partial charge in [0.1, 0.15) is 0 Å². The van der Waals surface area contributed by atoms with E-state index in [0.29, 0.717) is 0 Å². The van der Waals surface area contributed by atoms with Crippen molar-refractivity contribution < 1.29 is 0 Å². The molecule has 0 spiro atoms. The zero-order chi connectivity index (χ0) is 48.4. The van der Waals surface area contributed by atoms with E-state index < -0.39 is 0 Å². The highest BCUT2D eigenvalue weighted by Gasteiger charge is 2.44. The van der Waals surface area contributed by atoms with Crippen LogP contribution in [0.4, 0.5) is 45.5 Å². The Morgan fingerprint density at radius 3 is 0.595 bits per heavy atom. The van der Waals surface area contributed by atoms with Crippen LogP contribution in [-0.4, -0.2) is 0 Å². The van der Waals surface area contributed by atoms with Gasteiger partial charge in [0, 0.05) is 22.7 Å². The molecule has 14 aromatic carbocycles. The van der Waals surface area contributed by atoms with E-state index in [0.717, 1.165) is 57.1 Å². The van der Waals surface area contributed by atoms with Gasteiger partial charge < -0.3 is 0 Å². The second kappa shape index (κ2) is 15.8. The summed E-state index contributed by atoms with van der Waals surface area (Å²) in [6.07, 6.45) is 0. The number of rotatable bonds is 4. The maximum Gasteiger partial charge on any atom is 0.166 e. The van der Waals surface area contributed by atoms with Gasteiger partial charge in [-0.25, -0.2) is 0 Å². The zero-order valence-corrected chi connectivity index (χ0v) is 40.2. The Morgan fingerprint density at radius 2 is 0.351 bits per heavy atom. The molecule has 0 atom stereocenters. The molecule has 0 radical (unpaired) electrons. The average molecular weight is 941 g/mol. The van der Waals surface area contributed by atoms with E-state index in [2.05, 4.69) is 287 Å². The molecule has 0 saturated carbocycles. The van der Waals surface area contributed by atoms with Crippen molar-refractivity contribution in [3.05, 3.63) is 279 Å². The average Bonchev–Trinajstić information content (AvgIpc) is 4.02. The molecule has 0 N–H and O–H groups in total.